The van der Waals surface area contributed by atoms with Crippen molar-refractivity contribution in [3.63, 3.8) is 0 Å². The highest BCUT2D eigenvalue weighted by atomic mass is 32.1. The molecule has 3 amide bonds. The Morgan fingerprint density at radius 3 is 2.33 bits per heavy atom. The number of carbonyl (C=O) groups is 4. The van der Waals surface area contributed by atoms with Crippen molar-refractivity contribution in [2.24, 2.45) is 5.73 Å². The van der Waals surface area contributed by atoms with E-state index in [0.29, 0.717) is 17.5 Å². The van der Waals surface area contributed by atoms with E-state index >= 15 is 0 Å². The van der Waals surface area contributed by atoms with Crippen molar-refractivity contribution >= 4 is 40.0 Å². The van der Waals surface area contributed by atoms with E-state index in [4.69, 9.17) is 10.5 Å². The molecule has 5 N–H and O–H groups in total. The summed E-state index contributed by atoms with van der Waals surface area (Å²) in [4.78, 5) is 49.4. The average Bonchev–Trinajstić information content (AvgIpc) is 3.13. The van der Waals surface area contributed by atoms with Gasteiger partial charge in [-0.1, -0.05) is 19.1 Å². The molecular weight excluding hydrogens is 451 g/mol. The van der Waals surface area contributed by atoms with E-state index < -0.39 is 29.5 Å². The van der Waals surface area contributed by atoms with Crippen molar-refractivity contribution in [1.82, 2.24) is 10.6 Å². The van der Waals surface area contributed by atoms with E-state index in [0.717, 1.165) is 11.3 Å². The van der Waals surface area contributed by atoms with Crippen LogP contribution in [0.25, 0.3) is 0 Å². The van der Waals surface area contributed by atoms with Crippen molar-refractivity contribution in [3.8, 4) is 0 Å². The Morgan fingerprint density at radius 1 is 1.12 bits per heavy atom. The predicted molar refractivity (Wildman–Crippen MR) is 123 cm³/mol. The van der Waals surface area contributed by atoms with Crippen LogP contribution in [0.4, 0.5) is 9.39 Å². The standard InChI is InChI=1S/C22H27FN4O5S/c1-4-15(13-5-7-14(23)8-6-13)19(29)27-21-17(22(31)32-3)12(2)18(33-21)20(30)26-10-9-25-16(28)11-24/h5-8,15H,4,9-11,24H2,1-3H3,(H,25,28)(H,26,30)(H,27,29). The van der Waals surface area contributed by atoms with Crippen LogP contribution in [0.15, 0.2) is 24.3 Å². The van der Waals surface area contributed by atoms with Gasteiger partial charge in [0.05, 0.1) is 30.0 Å². The van der Waals surface area contributed by atoms with Gasteiger partial charge in [-0.05, 0) is 36.6 Å². The number of carbonyl (C=O) groups excluding carboxylic acids is 4. The summed E-state index contributed by atoms with van der Waals surface area (Å²) >= 11 is 0.948. The van der Waals surface area contributed by atoms with Gasteiger partial charge >= 0.3 is 5.97 Å². The molecule has 0 bridgehead atoms. The SMILES string of the molecule is CCC(C(=O)Nc1sc(C(=O)NCCNC(=O)CN)c(C)c1C(=O)OC)c1ccc(F)cc1. The molecule has 33 heavy (non-hydrogen) atoms. The average molecular weight is 479 g/mol. The fourth-order valence-corrected chi connectivity index (χ4v) is 4.28. The maximum Gasteiger partial charge on any atom is 0.341 e. The molecule has 178 valence electrons. The van der Waals surface area contributed by atoms with E-state index in [2.05, 4.69) is 16.0 Å². The number of esters is 1. The molecule has 0 radical (unpaired) electrons. The first-order chi connectivity index (χ1) is 15.7. The fourth-order valence-electron chi connectivity index (χ4n) is 3.16. The number of ether oxygens (including phenoxy) is 1. The zero-order valence-corrected chi connectivity index (χ0v) is 19.4. The number of anilines is 1. The number of halogens is 1. The Kier molecular flexibility index (Phi) is 9.49. The second kappa shape index (κ2) is 12.1. The number of benzene rings is 1. The van der Waals surface area contributed by atoms with Gasteiger partial charge in [-0.3, -0.25) is 14.4 Å². The summed E-state index contributed by atoms with van der Waals surface area (Å²) < 4.78 is 18.1. The monoisotopic (exact) mass is 478 g/mol. The van der Waals surface area contributed by atoms with Gasteiger partial charge in [0.25, 0.3) is 5.91 Å². The molecule has 1 heterocycles. The van der Waals surface area contributed by atoms with Crippen LogP contribution in [-0.2, 0) is 14.3 Å². The summed E-state index contributed by atoms with van der Waals surface area (Å²) in [5, 5.41) is 8.10. The molecule has 1 unspecified atom stereocenters. The summed E-state index contributed by atoms with van der Waals surface area (Å²) in [6, 6.07) is 5.62. The molecule has 1 atom stereocenters. The Bertz CT molecular complexity index is 1020. The molecule has 0 fully saturated rings. The summed E-state index contributed by atoms with van der Waals surface area (Å²) in [6.07, 6.45) is 0.442. The Balaban J connectivity index is 2.24. The summed E-state index contributed by atoms with van der Waals surface area (Å²) in [5.74, 6) is -2.89. The maximum atomic E-state index is 13.3. The van der Waals surface area contributed by atoms with Crippen LogP contribution in [0.3, 0.4) is 0 Å². The molecule has 2 rings (SSSR count). The molecule has 0 spiro atoms. The lowest BCUT2D eigenvalue weighted by Crippen LogP contribution is -2.37. The quantitative estimate of drug-likeness (QED) is 0.304. The van der Waals surface area contributed by atoms with Crippen molar-refractivity contribution in [3.05, 3.63) is 51.7 Å². The second-order valence-corrected chi connectivity index (χ2v) is 8.08. The van der Waals surface area contributed by atoms with E-state index in [9.17, 15) is 23.6 Å². The van der Waals surface area contributed by atoms with Crippen molar-refractivity contribution in [2.75, 3.05) is 32.1 Å². The minimum absolute atomic E-state index is 0.0893. The predicted octanol–water partition coefficient (Wildman–Crippen LogP) is 1.92. The van der Waals surface area contributed by atoms with Crippen molar-refractivity contribution < 1.29 is 28.3 Å². The molecule has 0 aliphatic rings. The number of thiophene rings is 1. The van der Waals surface area contributed by atoms with Gasteiger partial charge in [0.1, 0.15) is 10.8 Å². The molecule has 0 aliphatic carbocycles. The van der Waals surface area contributed by atoms with Crippen LogP contribution >= 0.6 is 11.3 Å². The van der Waals surface area contributed by atoms with E-state index in [1.54, 1.807) is 6.92 Å². The first kappa shape index (κ1) is 25.9. The topological polar surface area (TPSA) is 140 Å². The highest BCUT2D eigenvalue weighted by Crippen LogP contribution is 2.35. The number of hydrogen-bond donors (Lipinski definition) is 4. The van der Waals surface area contributed by atoms with E-state index in [1.165, 1.54) is 31.4 Å². The first-order valence-corrected chi connectivity index (χ1v) is 11.1. The van der Waals surface area contributed by atoms with Gasteiger partial charge < -0.3 is 26.4 Å². The van der Waals surface area contributed by atoms with Crippen LogP contribution < -0.4 is 21.7 Å². The Labute approximate surface area is 194 Å². The van der Waals surface area contributed by atoms with Crippen LogP contribution in [-0.4, -0.2) is 50.4 Å². The van der Waals surface area contributed by atoms with Gasteiger partial charge in [-0.2, -0.15) is 0 Å². The Morgan fingerprint density at radius 2 is 1.76 bits per heavy atom. The number of rotatable bonds is 10. The highest BCUT2D eigenvalue weighted by molar-refractivity contribution is 7.18. The lowest BCUT2D eigenvalue weighted by molar-refractivity contribution is -0.119. The molecule has 11 heteroatoms. The lowest BCUT2D eigenvalue weighted by atomic mass is 9.95. The van der Waals surface area contributed by atoms with Crippen LogP contribution in [0.1, 0.15) is 50.4 Å². The summed E-state index contributed by atoms with van der Waals surface area (Å²) in [7, 11) is 1.21. The maximum absolute atomic E-state index is 13.3. The first-order valence-electron chi connectivity index (χ1n) is 10.3. The third-order valence-corrected chi connectivity index (χ3v) is 6.10. The molecule has 0 saturated carbocycles. The van der Waals surface area contributed by atoms with Gasteiger partial charge in [0, 0.05) is 13.1 Å². The minimum Gasteiger partial charge on any atom is -0.465 e. The normalized spacial score (nSPS) is 11.4. The number of nitrogens with two attached hydrogens (primary N) is 1. The van der Waals surface area contributed by atoms with Crippen molar-refractivity contribution in [2.45, 2.75) is 26.2 Å². The zero-order chi connectivity index (χ0) is 24.5. The van der Waals surface area contributed by atoms with Gasteiger partial charge in [-0.15, -0.1) is 11.3 Å². The van der Waals surface area contributed by atoms with E-state index in [-0.39, 0.29) is 41.0 Å². The number of methoxy groups -OCH3 is 1. The molecule has 9 nitrogen and oxygen atoms in total. The lowest BCUT2D eigenvalue weighted by Gasteiger charge is -2.15. The summed E-state index contributed by atoms with van der Waals surface area (Å²) in [5.41, 5.74) is 6.29. The van der Waals surface area contributed by atoms with Crippen molar-refractivity contribution in [1.29, 1.82) is 0 Å². The van der Waals surface area contributed by atoms with Crippen LogP contribution in [0.2, 0.25) is 0 Å². The van der Waals surface area contributed by atoms with E-state index in [1.807, 2.05) is 6.92 Å². The number of hydrogen-bond acceptors (Lipinski definition) is 7. The van der Waals surface area contributed by atoms with Crippen LogP contribution in [0.5, 0.6) is 0 Å². The van der Waals surface area contributed by atoms with Gasteiger partial charge in [-0.25, -0.2) is 9.18 Å². The smallest absolute Gasteiger partial charge is 0.341 e. The fraction of sp³-hybridized carbons (Fsp3) is 0.364. The molecule has 0 saturated heterocycles. The number of nitrogens with one attached hydrogen (secondary N) is 3. The zero-order valence-electron chi connectivity index (χ0n) is 18.6. The highest BCUT2D eigenvalue weighted by Gasteiger charge is 2.28. The molecule has 1 aromatic carbocycles. The largest absolute Gasteiger partial charge is 0.465 e. The minimum atomic E-state index is -0.692. The second-order valence-electron chi connectivity index (χ2n) is 7.06. The summed E-state index contributed by atoms with van der Waals surface area (Å²) in [6.45, 7) is 3.59. The third-order valence-electron chi connectivity index (χ3n) is 4.89. The van der Waals surface area contributed by atoms with Gasteiger partial charge in [0.2, 0.25) is 11.8 Å². The van der Waals surface area contributed by atoms with Crippen LogP contribution in [0, 0.1) is 12.7 Å². The number of amides is 3. The molecular formula is C22H27FN4O5S. The molecule has 2 aromatic rings. The molecule has 1 aromatic heterocycles. The Hall–Kier alpha value is -3.31. The third kappa shape index (κ3) is 6.59. The van der Waals surface area contributed by atoms with Gasteiger partial charge in [0.15, 0.2) is 0 Å². The molecule has 0 aliphatic heterocycles.